The average molecular weight is 303 g/mol. The minimum Gasteiger partial charge on any atom is -0.445 e. The average Bonchev–Trinajstić information content (AvgIpc) is 2.53. The monoisotopic (exact) mass is 303 g/mol. The van der Waals surface area contributed by atoms with Crippen LogP contribution in [0.5, 0.6) is 0 Å². The minimum atomic E-state index is -0.312. The van der Waals surface area contributed by atoms with E-state index in [2.05, 4.69) is 5.32 Å². The van der Waals surface area contributed by atoms with Crippen molar-refractivity contribution in [1.29, 1.82) is 0 Å². The molecular formula is C18H25NO3. The van der Waals surface area contributed by atoms with Crippen molar-refractivity contribution in [2.75, 3.05) is 6.61 Å². The summed E-state index contributed by atoms with van der Waals surface area (Å²) < 4.78 is 5.26. The number of carbonyl (C=O) groups excluding carboxylic acids is 1. The van der Waals surface area contributed by atoms with E-state index < -0.39 is 0 Å². The number of ether oxygens (including phenoxy) is 1. The Bertz CT molecular complexity index is 486. The molecule has 22 heavy (non-hydrogen) atoms. The fraction of sp³-hybridized carbons (Fsp3) is 0.611. The largest absolute Gasteiger partial charge is 0.445 e. The van der Waals surface area contributed by atoms with E-state index in [-0.39, 0.29) is 12.1 Å². The Hall–Kier alpha value is -1.55. The molecule has 0 atom stereocenters. The van der Waals surface area contributed by atoms with Crippen LogP contribution in [0.4, 0.5) is 4.79 Å². The first-order chi connectivity index (χ1) is 10.7. The van der Waals surface area contributed by atoms with Gasteiger partial charge in [0.05, 0.1) is 0 Å². The van der Waals surface area contributed by atoms with Crippen molar-refractivity contribution in [3.8, 4) is 0 Å². The normalized spacial score (nSPS) is 30.6. The molecule has 0 aromatic heterocycles. The summed E-state index contributed by atoms with van der Waals surface area (Å²) in [5.74, 6) is 0.494. The van der Waals surface area contributed by atoms with Gasteiger partial charge in [-0.25, -0.2) is 4.79 Å². The fourth-order valence-corrected chi connectivity index (χ4v) is 3.90. The highest BCUT2D eigenvalue weighted by Gasteiger charge is 2.46. The molecule has 2 aliphatic carbocycles. The molecule has 4 nitrogen and oxygen atoms in total. The number of aliphatic hydroxyl groups excluding tert-OH is 1. The van der Waals surface area contributed by atoms with Crippen LogP contribution in [0, 0.1) is 11.3 Å². The third-order valence-electron chi connectivity index (χ3n) is 5.32. The van der Waals surface area contributed by atoms with E-state index in [1.807, 2.05) is 30.3 Å². The molecule has 2 aliphatic rings. The number of alkyl carbamates (subject to hydrolysis) is 1. The molecule has 4 heteroatoms. The maximum atomic E-state index is 11.8. The summed E-state index contributed by atoms with van der Waals surface area (Å²) in [6.07, 6.45) is 6.44. The van der Waals surface area contributed by atoms with E-state index in [4.69, 9.17) is 4.74 Å². The zero-order chi connectivity index (χ0) is 15.4. The van der Waals surface area contributed by atoms with Crippen LogP contribution in [0.25, 0.3) is 0 Å². The number of hydrogen-bond acceptors (Lipinski definition) is 3. The van der Waals surface area contributed by atoms with Gasteiger partial charge in [-0.15, -0.1) is 0 Å². The van der Waals surface area contributed by atoms with Gasteiger partial charge < -0.3 is 15.2 Å². The highest BCUT2D eigenvalue weighted by atomic mass is 16.5. The van der Waals surface area contributed by atoms with Crippen molar-refractivity contribution < 1.29 is 14.6 Å². The zero-order valence-corrected chi connectivity index (χ0v) is 13.0. The van der Waals surface area contributed by atoms with Crippen LogP contribution >= 0.6 is 0 Å². The van der Waals surface area contributed by atoms with Gasteiger partial charge in [0.1, 0.15) is 6.61 Å². The number of hydrogen-bond donors (Lipinski definition) is 2. The second-order valence-electron chi connectivity index (χ2n) is 6.94. The Morgan fingerprint density at radius 2 is 1.91 bits per heavy atom. The molecule has 3 rings (SSSR count). The summed E-state index contributed by atoms with van der Waals surface area (Å²) >= 11 is 0. The maximum Gasteiger partial charge on any atom is 0.407 e. The molecule has 2 saturated carbocycles. The number of aliphatic hydroxyl groups is 1. The Morgan fingerprint density at radius 3 is 2.55 bits per heavy atom. The highest BCUT2D eigenvalue weighted by Crippen LogP contribution is 2.52. The lowest BCUT2D eigenvalue weighted by Crippen LogP contribution is -2.52. The summed E-state index contributed by atoms with van der Waals surface area (Å²) in [6, 6.07) is 9.98. The molecule has 1 spiro atoms. The van der Waals surface area contributed by atoms with Crippen LogP contribution in [0.1, 0.15) is 44.1 Å². The first-order valence-electron chi connectivity index (χ1n) is 8.27. The van der Waals surface area contributed by atoms with Gasteiger partial charge in [0.2, 0.25) is 0 Å². The molecular weight excluding hydrogens is 278 g/mol. The molecule has 0 bridgehead atoms. The van der Waals surface area contributed by atoms with Gasteiger partial charge in [0.25, 0.3) is 0 Å². The smallest absolute Gasteiger partial charge is 0.407 e. The van der Waals surface area contributed by atoms with Crippen molar-refractivity contribution in [3.05, 3.63) is 35.9 Å². The molecule has 2 fully saturated rings. The summed E-state index contributed by atoms with van der Waals surface area (Å²) in [5.41, 5.74) is 1.42. The lowest BCUT2D eigenvalue weighted by atomic mass is 9.57. The molecule has 1 aromatic carbocycles. The van der Waals surface area contributed by atoms with E-state index in [1.54, 1.807) is 0 Å². The van der Waals surface area contributed by atoms with Crippen LogP contribution in [0.15, 0.2) is 30.3 Å². The molecule has 2 N–H and O–H groups in total. The first-order valence-corrected chi connectivity index (χ1v) is 8.27. The summed E-state index contributed by atoms with van der Waals surface area (Å²) in [6.45, 7) is 0.645. The third-order valence-corrected chi connectivity index (χ3v) is 5.32. The Labute approximate surface area is 131 Å². The van der Waals surface area contributed by atoms with Gasteiger partial charge in [-0.05, 0) is 55.4 Å². The Balaban J connectivity index is 1.36. The third kappa shape index (κ3) is 3.61. The standard InChI is InChI=1S/C18H25NO3/c20-12-14-6-8-18(9-7-14)10-16(11-18)19-17(21)22-13-15-4-2-1-3-5-15/h1-5,14,16,20H,6-13H2,(H,19,21). The highest BCUT2D eigenvalue weighted by molar-refractivity contribution is 5.67. The number of amides is 1. The molecule has 0 radical (unpaired) electrons. The maximum absolute atomic E-state index is 11.8. The second-order valence-corrected chi connectivity index (χ2v) is 6.94. The number of nitrogens with one attached hydrogen (secondary N) is 1. The van der Waals surface area contributed by atoms with E-state index >= 15 is 0 Å². The topological polar surface area (TPSA) is 58.6 Å². The van der Waals surface area contributed by atoms with Crippen molar-refractivity contribution in [2.45, 2.75) is 51.2 Å². The number of rotatable bonds is 4. The Kier molecular flexibility index (Phi) is 4.67. The van der Waals surface area contributed by atoms with E-state index in [0.717, 1.165) is 31.2 Å². The lowest BCUT2D eigenvalue weighted by molar-refractivity contribution is 0.0105. The van der Waals surface area contributed by atoms with E-state index in [0.29, 0.717) is 24.5 Å². The summed E-state index contributed by atoms with van der Waals surface area (Å²) in [4.78, 5) is 11.8. The molecule has 120 valence electrons. The molecule has 1 aromatic rings. The van der Waals surface area contributed by atoms with E-state index in [9.17, 15) is 9.90 Å². The quantitative estimate of drug-likeness (QED) is 0.897. The minimum absolute atomic E-state index is 0.258. The van der Waals surface area contributed by atoms with Crippen molar-refractivity contribution in [1.82, 2.24) is 5.32 Å². The Morgan fingerprint density at radius 1 is 1.23 bits per heavy atom. The van der Waals surface area contributed by atoms with Gasteiger partial charge in [-0.3, -0.25) is 0 Å². The predicted molar refractivity (Wildman–Crippen MR) is 84.3 cm³/mol. The summed E-state index contributed by atoms with van der Waals surface area (Å²) in [5, 5.41) is 12.2. The molecule has 0 aliphatic heterocycles. The molecule has 0 unspecified atom stereocenters. The molecule has 1 amide bonds. The van der Waals surface area contributed by atoms with Crippen LogP contribution in [-0.2, 0) is 11.3 Å². The van der Waals surface area contributed by atoms with Crippen molar-refractivity contribution >= 4 is 6.09 Å². The number of benzene rings is 1. The van der Waals surface area contributed by atoms with Crippen LogP contribution in [0.3, 0.4) is 0 Å². The zero-order valence-electron chi connectivity index (χ0n) is 13.0. The lowest BCUT2D eigenvalue weighted by Gasteiger charge is -2.51. The fourth-order valence-electron chi connectivity index (χ4n) is 3.90. The van der Waals surface area contributed by atoms with Gasteiger partial charge >= 0.3 is 6.09 Å². The second kappa shape index (κ2) is 6.69. The van der Waals surface area contributed by atoms with E-state index in [1.165, 1.54) is 12.8 Å². The molecule has 0 heterocycles. The van der Waals surface area contributed by atoms with Crippen LogP contribution in [-0.4, -0.2) is 23.8 Å². The van der Waals surface area contributed by atoms with Gasteiger partial charge in [-0.2, -0.15) is 0 Å². The first kappa shape index (κ1) is 15.3. The van der Waals surface area contributed by atoms with Gasteiger partial charge in [-0.1, -0.05) is 30.3 Å². The predicted octanol–water partition coefficient (Wildman–Crippen LogP) is 3.24. The van der Waals surface area contributed by atoms with Gasteiger partial charge in [0.15, 0.2) is 0 Å². The van der Waals surface area contributed by atoms with Crippen molar-refractivity contribution in [2.24, 2.45) is 11.3 Å². The van der Waals surface area contributed by atoms with Gasteiger partial charge in [0, 0.05) is 12.6 Å². The SMILES string of the molecule is O=C(NC1CC2(CCC(CO)CC2)C1)OCc1ccccc1. The number of carbonyl (C=O) groups is 1. The van der Waals surface area contributed by atoms with Crippen LogP contribution in [0.2, 0.25) is 0 Å². The van der Waals surface area contributed by atoms with Crippen LogP contribution < -0.4 is 5.32 Å². The van der Waals surface area contributed by atoms with Crippen molar-refractivity contribution in [3.63, 3.8) is 0 Å². The molecule has 0 saturated heterocycles. The summed E-state index contributed by atoms with van der Waals surface area (Å²) in [7, 11) is 0.